The van der Waals surface area contributed by atoms with Crippen LogP contribution in [-0.2, 0) is 4.79 Å². The predicted molar refractivity (Wildman–Crippen MR) is 49.4 cm³/mol. The number of hydrogen-bond donors (Lipinski definition) is 4. The van der Waals surface area contributed by atoms with E-state index in [1.165, 1.54) is 0 Å². The summed E-state index contributed by atoms with van der Waals surface area (Å²) in [5.74, 6) is -1.02. The number of hydrogen-bond acceptors (Lipinski definition) is 4. The van der Waals surface area contributed by atoms with Crippen LogP contribution in [0.2, 0.25) is 0 Å². The van der Waals surface area contributed by atoms with Crippen LogP contribution in [0.15, 0.2) is 0 Å². The first-order chi connectivity index (χ1) is 5.89. The lowest BCUT2D eigenvalue weighted by molar-refractivity contribution is -0.138. The van der Waals surface area contributed by atoms with Gasteiger partial charge in [0.25, 0.3) is 0 Å². The summed E-state index contributed by atoms with van der Waals surface area (Å²) >= 11 is 0. The van der Waals surface area contributed by atoms with Gasteiger partial charge in [0, 0.05) is 18.7 Å². The maximum absolute atomic E-state index is 10.4. The van der Waals surface area contributed by atoms with E-state index in [1.54, 1.807) is 0 Å². The molecule has 0 aromatic carbocycles. The fourth-order valence-electron chi connectivity index (χ4n) is 0.841. The topological polar surface area (TPSA) is 95.6 Å². The molecule has 0 spiro atoms. The molecular weight excluding hydrogens is 172 g/mol. The van der Waals surface area contributed by atoms with Crippen molar-refractivity contribution < 1.29 is 15.0 Å². The van der Waals surface area contributed by atoms with Crippen LogP contribution in [0.1, 0.15) is 20.3 Å². The standard InChI is InChI=1S/C8H18N2O3/c1-8(2,3-4-11)10-5-6(9)7(12)13/h6,10-11H,3-5,9H2,1-2H3,(H,12,13). The van der Waals surface area contributed by atoms with Crippen molar-refractivity contribution in [3.63, 3.8) is 0 Å². The Morgan fingerprint density at radius 3 is 2.54 bits per heavy atom. The molecule has 5 heteroatoms. The highest BCUT2D eigenvalue weighted by atomic mass is 16.4. The van der Waals surface area contributed by atoms with Crippen molar-refractivity contribution in [2.24, 2.45) is 5.73 Å². The van der Waals surface area contributed by atoms with E-state index in [2.05, 4.69) is 5.32 Å². The second-order valence-electron chi connectivity index (χ2n) is 3.68. The van der Waals surface area contributed by atoms with E-state index in [1.807, 2.05) is 13.8 Å². The van der Waals surface area contributed by atoms with Gasteiger partial charge in [-0.05, 0) is 20.3 Å². The molecule has 0 radical (unpaired) electrons. The molecule has 13 heavy (non-hydrogen) atoms. The number of carbonyl (C=O) groups is 1. The summed E-state index contributed by atoms with van der Waals surface area (Å²) < 4.78 is 0. The van der Waals surface area contributed by atoms with Gasteiger partial charge in [-0.2, -0.15) is 0 Å². The molecule has 0 heterocycles. The number of carboxylic acids is 1. The highest BCUT2D eigenvalue weighted by Crippen LogP contribution is 2.06. The van der Waals surface area contributed by atoms with Crippen molar-refractivity contribution in [3.8, 4) is 0 Å². The molecule has 0 aliphatic rings. The maximum atomic E-state index is 10.4. The summed E-state index contributed by atoms with van der Waals surface area (Å²) in [5.41, 5.74) is 5.02. The number of aliphatic hydroxyl groups excluding tert-OH is 1. The van der Waals surface area contributed by atoms with Crippen molar-refractivity contribution in [3.05, 3.63) is 0 Å². The zero-order valence-corrected chi connectivity index (χ0v) is 8.08. The Hall–Kier alpha value is -0.650. The molecule has 0 aliphatic heterocycles. The first kappa shape index (κ1) is 12.3. The Balaban J connectivity index is 3.80. The second-order valence-corrected chi connectivity index (χ2v) is 3.68. The first-order valence-corrected chi connectivity index (χ1v) is 4.23. The van der Waals surface area contributed by atoms with E-state index in [9.17, 15) is 4.79 Å². The molecular formula is C8H18N2O3. The van der Waals surface area contributed by atoms with Gasteiger partial charge < -0.3 is 21.3 Å². The second kappa shape index (κ2) is 5.16. The van der Waals surface area contributed by atoms with Crippen molar-refractivity contribution in [2.45, 2.75) is 31.8 Å². The summed E-state index contributed by atoms with van der Waals surface area (Å²) in [6.45, 7) is 4.06. The van der Waals surface area contributed by atoms with E-state index in [-0.39, 0.29) is 18.7 Å². The molecule has 5 N–H and O–H groups in total. The SMILES string of the molecule is CC(C)(CCO)NCC(N)C(=O)O. The van der Waals surface area contributed by atoms with Crippen molar-refractivity contribution >= 4 is 5.97 Å². The Labute approximate surface area is 77.9 Å². The van der Waals surface area contributed by atoms with Crippen LogP contribution in [0.3, 0.4) is 0 Å². The number of carboxylic acid groups (broad SMARTS) is 1. The molecule has 0 rings (SSSR count). The molecule has 0 saturated carbocycles. The highest BCUT2D eigenvalue weighted by Gasteiger charge is 2.19. The van der Waals surface area contributed by atoms with Crippen molar-refractivity contribution in [1.82, 2.24) is 5.32 Å². The van der Waals surface area contributed by atoms with E-state index < -0.39 is 12.0 Å². The van der Waals surface area contributed by atoms with E-state index in [0.717, 1.165) is 0 Å². The van der Waals surface area contributed by atoms with Crippen LogP contribution < -0.4 is 11.1 Å². The van der Waals surface area contributed by atoms with Crippen LogP contribution in [-0.4, -0.2) is 40.9 Å². The number of nitrogens with two attached hydrogens (primary N) is 1. The fourth-order valence-corrected chi connectivity index (χ4v) is 0.841. The minimum atomic E-state index is -1.02. The number of aliphatic hydroxyl groups is 1. The Morgan fingerprint density at radius 2 is 2.15 bits per heavy atom. The quantitative estimate of drug-likeness (QED) is 0.437. The average Bonchev–Trinajstić information content (AvgIpc) is 2.00. The van der Waals surface area contributed by atoms with Gasteiger partial charge in [0.2, 0.25) is 0 Å². The Kier molecular flexibility index (Phi) is 4.90. The zero-order chi connectivity index (χ0) is 10.5. The largest absolute Gasteiger partial charge is 0.480 e. The lowest BCUT2D eigenvalue weighted by atomic mass is 10.0. The summed E-state index contributed by atoms with van der Waals surface area (Å²) in [4.78, 5) is 10.4. The minimum absolute atomic E-state index is 0.0717. The molecule has 1 atom stereocenters. The fraction of sp³-hybridized carbons (Fsp3) is 0.875. The number of aliphatic carboxylic acids is 1. The lowest BCUT2D eigenvalue weighted by Crippen LogP contribution is -2.48. The van der Waals surface area contributed by atoms with E-state index >= 15 is 0 Å². The van der Waals surface area contributed by atoms with Crippen LogP contribution in [0.5, 0.6) is 0 Å². The van der Waals surface area contributed by atoms with E-state index in [4.69, 9.17) is 15.9 Å². The molecule has 0 aromatic rings. The molecule has 0 aromatic heterocycles. The third-order valence-corrected chi connectivity index (χ3v) is 1.85. The third-order valence-electron chi connectivity index (χ3n) is 1.85. The van der Waals surface area contributed by atoms with Gasteiger partial charge in [-0.1, -0.05) is 0 Å². The van der Waals surface area contributed by atoms with Gasteiger partial charge in [-0.25, -0.2) is 0 Å². The number of nitrogens with one attached hydrogen (secondary N) is 1. The molecule has 0 aliphatic carbocycles. The first-order valence-electron chi connectivity index (χ1n) is 4.23. The Bertz CT molecular complexity index is 171. The smallest absolute Gasteiger partial charge is 0.321 e. The molecule has 1 unspecified atom stereocenters. The van der Waals surface area contributed by atoms with Crippen molar-refractivity contribution in [2.75, 3.05) is 13.2 Å². The third kappa shape index (κ3) is 5.57. The van der Waals surface area contributed by atoms with Crippen LogP contribution in [0, 0.1) is 0 Å². The molecule has 5 nitrogen and oxygen atoms in total. The lowest BCUT2D eigenvalue weighted by Gasteiger charge is -2.26. The molecule has 0 saturated heterocycles. The van der Waals surface area contributed by atoms with E-state index in [0.29, 0.717) is 6.42 Å². The van der Waals surface area contributed by atoms with Crippen LogP contribution in [0.25, 0.3) is 0 Å². The number of rotatable bonds is 6. The van der Waals surface area contributed by atoms with Gasteiger partial charge in [0.1, 0.15) is 6.04 Å². The highest BCUT2D eigenvalue weighted by molar-refractivity contribution is 5.73. The summed E-state index contributed by atoms with van der Waals surface area (Å²) in [5, 5.41) is 20.2. The van der Waals surface area contributed by atoms with Gasteiger partial charge in [-0.15, -0.1) is 0 Å². The van der Waals surface area contributed by atoms with Crippen LogP contribution in [0.4, 0.5) is 0 Å². The normalized spacial score (nSPS) is 14.2. The average molecular weight is 190 g/mol. The van der Waals surface area contributed by atoms with Gasteiger partial charge in [0.15, 0.2) is 0 Å². The minimum Gasteiger partial charge on any atom is -0.480 e. The van der Waals surface area contributed by atoms with Gasteiger partial charge in [0.05, 0.1) is 0 Å². The Morgan fingerprint density at radius 1 is 1.62 bits per heavy atom. The summed E-state index contributed by atoms with van der Waals surface area (Å²) in [6.07, 6.45) is 0.569. The van der Waals surface area contributed by atoms with Gasteiger partial charge >= 0.3 is 5.97 Å². The van der Waals surface area contributed by atoms with Gasteiger partial charge in [-0.3, -0.25) is 4.79 Å². The van der Waals surface area contributed by atoms with Crippen molar-refractivity contribution in [1.29, 1.82) is 0 Å². The maximum Gasteiger partial charge on any atom is 0.321 e. The molecule has 0 bridgehead atoms. The predicted octanol–water partition coefficient (Wildman–Crippen LogP) is -0.851. The summed E-state index contributed by atoms with van der Waals surface area (Å²) in [7, 11) is 0. The molecule has 0 fully saturated rings. The summed E-state index contributed by atoms with van der Waals surface area (Å²) in [6, 6.07) is -0.891. The van der Waals surface area contributed by atoms with Crippen LogP contribution >= 0.6 is 0 Å². The molecule has 0 amide bonds. The zero-order valence-electron chi connectivity index (χ0n) is 8.08. The molecule has 78 valence electrons. The monoisotopic (exact) mass is 190 g/mol.